The molecule has 3 rings (SSSR count). The van der Waals surface area contributed by atoms with E-state index in [0.29, 0.717) is 0 Å². The Balaban J connectivity index is 1.84. The second-order valence-electron chi connectivity index (χ2n) is 4.21. The van der Waals surface area contributed by atoms with Crippen molar-refractivity contribution in [3.05, 3.63) is 35.2 Å². The van der Waals surface area contributed by atoms with E-state index in [1.807, 2.05) is 24.5 Å². The first-order valence-corrected chi connectivity index (χ1v) is 6.12. The fourth-order valence-electron chi connectivity index (χ4n) is 2.11. The Morgan fingerprint density at radius 2 is 2.18 bits per heavy atom. The number of pyridine rings is 1. The highest BCUT2D eigenvalue weighted by atomic mass is 35.5. The van der Waals surface area contributed by atoms with Gasteiger partial charge in [0.2, 0.25) is 0 Å². The van der Waals surface area contributed by atoms with Crippen molar-refractivity contribution < 1.29 is 4.74 Å². The summed E-state index contributed by atoms with van der Waals surface area (Å²) in [5.41, 5.74) is 2.10. The van der Waals surface area contributed by atoms with E-state index in [9.17, 15) is 0 Å². The fourth-order valence-corrected chi connectivity index (χ4v) is 2.27. The molecule has 0 aromatic carbocycles. The number of aromatic nitrogens is 2. The molecule has 1 saturated heterocycles. The standard InChI is InChI=1S/C12H14ClN3O/c13-10-1-2-16-11(8-14-12(16)7-10)9-15-3-5-17-6-4-15/h1-2,7-8H,3-6,9H2. The van der Waals surface area contributed by atoms with Crippen molar-refractivity contribution in [2.75, 3.05) is 26.3 Å². The predicted molar refractivity (Wildman–Crippen MR) is 66.3 cm³/mol. The number of imidazole rings is 1. The molecule has 2 aromatic heterocycles. The lowest BCUT2D eigenvalue weighted by Gasteiger charge is -2.26. The molecule has 0 aliphatic carbocycles. The molecule has 0 N–H and O–H groups in total. The van der Waals surface area contributed by atoms with E-state index < -0.39 is 0 Å². The first-order chi connectivity index (χ1) is 8.33. The maximum absolute atomic E-state index is 5.94. The summed E-state index contributed by atoms with van der Waals surface area (Å²) < 4.78 is 7.43. The molecule has 2 aromatic rings. The van der Waals surface area contributed by atoms with E-state index in [-0.39, 0.29) is 0 Å². The lowest BCUT2D eigenvalue weighted by Crippen LogP contribution is -2.35. The first kappa shape index (κ1) is 11.0. The van der Waals surface area contributed by atoms with Gasteiger partial charge in [0, 0.05) is 30.9 Å². The summed E-state index contributed by atoms with van der Waals surface area (Å²) in [7, 11) is 0. The van der Waals surface area contributed by atoms with Crippen molar-refractivity contribution in [1.29, 1.82) is 0 Å². The first-order valence-electron chi connectivity index (χ1n) is 5.74. The molecule has 1 fully saturated rings. The number of halogens is 1. The molecule has 1 aliphatic rings. The number of rotatable bonds is 2. The molecule has 3 heterocycles. The van der Waals surface area contributed by atoms with E-state index in [1.54, 1.807) is 0 Å². The zero-order valence-electron chi connectivity index (χ0n) is 9.47. The zero-order chi connectivity index (χ0) is 11.7. The number of hydrogen-bond donors (Lipinski definition) is 0. The molecular weight excluding hydrogens is 238 g/mol. The summed E-state index contributed by atoms with van der Waals surface area (Å²) in [6, 6.07) is 3.77. The van der Waals surface area contributed by atoms with Crippen LogP contribution in [-0.2, 0) is 11.3 Å². The molecule has 4 nitrogen and oxygen atoms in total. The van der Waals surface area contributed by atoms with Gasteiger partial charge in [-0.25, -0.2) is 4.98 Å². The Bertz CT molecular complexity index is 519. The molecule has 90 valence electrons. The third kappa shape index (κ3) is 2.29. The van der Waals surface area contributed by atoms with E-state index in [4.69, 9.17) is 16.3 Å². The Hall–Kier alpha value is -1.10. The molecular formula is C12H14ClN3O. The Labute approximate surface area is 105 Å². The lowest BCUT2D eigenvalue weighted by atomic mass is 10.3. The van der Waals surface area contributed by atoms with E-state index in [0.717, 1.165) is 43.5 Å². The van der Waals surface area contributed by atoms with Crippen molar-refractivity contribution >= 4 is 17.2 Å². The summed E-state index contributed by atoms with van der Waals surface area (Å²) in [6.45, 7) is 4.53. The average Bonchev–Trinajstić information content (AvgIpc) is 2.73. The zero-order valence-corrected chi connectivity index (χ0v) is 10.2. The molecule has 5 heteroatoms. The second-order valence-corrected chi connectivity index (χ2v) is 4.65. The highest BCUT2D eigenvalue weighted by Gasteiger charge is 2.13. The summed E-state index contributed by atoms with van der Waals surface area (Å²) >= 11 is 5.94. The van der Waals surface area contributed by atoms with Gasteiger partial charge in [-0.2, -0.15) is 0 Å². The number of fused-ring (bicyclic) bond motifs is 1. The molecule has 0 unspecified atom stereocenters. The normalized spacial score (nSPS) is 17.7. The summed E-state index contributed by atoms with van der Waals surface area (Å²) in [4.78, 5) is 6.74. The molecule has 0 bridgehead atoms. The molecule has 0 atom stereocenters. The molecule has 0 radical (unpaired) electrons. The third-order valence-corrected chi connectivity index (χ3v) is 3.28. The van der Waals surface area contributed by atoms with E-state index in [1.165, 1.54) is 5.69 Å². The van der Waals surface area contributed by atoms with Crippen molar-refractivity contribution in [2.45, 2.75) is 6.54 Å². The lowest BCUT2D eigenvalue weighted by molar-refractivity contribution is 0.0335. The van der Waals surface area contributed by atoms with Gasteiger partial charge in [-0.3, -0.25) is 4.90 Å². The van der Waals surface area contributed by atoms with Crippen LogP contribution in [0.25, 0.3) is 5.65 Å². The maximum Gasteiger partial charge on any atom is 0.138 e. The van der Waals surface area contributed by atoms with Crippen LogP contribution >= 0.6 is 11.6 Å². The largest absolute Gasteiger partial charge is 0.379 e. The number of morpholine rings is 1. The number of nitrogens with zero attached hydrogens (tertiary/aromatic N) is 3. The third-order valence-electron chi connectivity index (χ3n) is 3.04. The predicted octanol–water partition coefficient (Wildman–Crippen LogP) is 1.82. The number of hydrogen-bond acceptors (Lipinski definition) is 3. The fraction of sp³-hybridized carbons (Fsp3) is 0.417. The van der Waals surface area contributed by atoms with Crippen molar-refractivity contribution in [2.24, 2.45) is 0 Å². The van der Waals surface area contributed by atoms with Crippen molar-refractivity contribution in [3.8, 4) is 0 Å². The Morgan fingerprint density at radius 1 is 1.35 bits per heavy atom. The van der Waals surface area contributed by atoms with Crippen LogP contribution in [0.2, 0.25) is 5.02 Å². The van der Waals surface area contributed by atoms with Gasteiger partial charge >= 0.3 is 0 Å². The van der Waals surface area contributed by atoms with Gasteiger partial charge in [-0.05, 0) is 12.1 Å². The highest BCUT2D eigenvalue weighted by Crippen LogP contribution is 2.15. The molecule has 0 spiro atoms. The van der Waals surface area contributed by atoms with Gasteiger partial charge in [0.05, 0.1) is 25.1 Å². The van der Waals surface area contributed by atoms with Crippen LogP contribution in [0.5, 0.6) is 0 Å². The Kier molecular flexibility index (Phi) is 3.01. The Morgan fingerprint density at radius 3 is 3.00 bits per heavy atom. The van der Waals surface area contributed by atoms with Crippen LogP contribution in [0.3, 0.4) is 0 Å². The van der Waals surface area contributed by atoms with Crippen molar-refractivity contribution in [3.63, 3.8) is 0 Å². The minimum absolute atomic E-state index is 0.723. The van der Waals surface area contributed by atoms with E-state index in [2.05, 4.69) is 14.3 Å². The topological polar surface area (TPSA) is 29.8 Å². The van der Waals surface area contributed by atoms with Gasteiger partial charge in [0.15, 0.2) is 0 Å². The minimum Gasteiger partial charge on any atom is -0.379 e. The van der Waals surface area contributed by atoms with Gasteiger partial charge < -0.3 is 9.14 Å². The molecule has 17 heavy (non-hydrogen) atoms. The van der Waals surface area contributed by atoms with Crippen molar-refractivity contribution in [1.82, 2.24) is 14.3 Å². The van der Waals surface area contributed by atoms with Crippen LogP contribution in [0.1, 0.15) is 5.69 Å². The second kappa shape index (κ2) is 4.64. The van der Waals surface area contributed by atoms with E-state index >= 15 is 0 Å². The monoisotopic (exact) mass is 251 g/mol. The van der Waals surface area contributed by atoms with Crippen LogP contribution in [0.15, 0.2) is 24.5 Å². The smallest absolute Gasteiger partial charge is 0.138 e. The average molecular weight is 252 g/mol. The van der Waals surface area contributed by atoms with Gasteiger partial charge in [0.1, 0.15) is 5.65 Å². The summed E-state index contributed by atoms with van der Waals surface area (Å²) in [5.74, 6) is 0. The minimum atomic E-state index is 0.723. The van der Waals surface area contributed by atoms with Crippen LogP contribution in [0, 0.1) is 0 Å². The molecule has 1 aliphatic heterocycles. The molecule has 0 saturated carbocycles. The quantitative estimate of drug-likeness (QED) is 0.816. The van der Waals surface area contributed by atoms with Crippen LogP contribution < -0.4 is 0 Å². The summed E-state index contributed by atoms with van der Waals surface area (Å²) in [5, 5.41) is 0.723. The SMILES string of the molecule is Clc1ccn2c(CN3CCOCC3)cnc2c1. The number of ether oxygens (including phenoxy) is 1. The van der Waals surface area contributed by atoms with Gasteiger partial charge in [0.25, 0.3) is 0 Å². The van der Waals surface area contributed by atoms with Crippen LogP contribution in [0.4, 0.5) is 0 Å². The van der Waals surface area contributed by atoms with Gasteiger partial charge in [-0.1, -0.05) is 11.6 Å². The maximum atomic E-state index is 5.94. The van der Waals surface area contributed by atoms with Crippen LogP contribution in [-0.4, -0.2) is 40.6 Å². The summed E-state index contributed by atoms with van der Waals surface area (Å²) in [6.07, 6.45) is 3.89. The van der Waals surface area contributed by atoms with Gasteiger partial charge in [-0.15, -0.1) is 0 Å². The molecule has 0 amide bonds. The highest BCUT2D eigenvalue weighted by molar-refractivity contribution is 6.30.